The molecule has 54 valence electrons. The van der Waals surface area contributed by atoms with Gasteiger partial charge in [0.15, 0.2) is 0 Å². The van der Waals surface area contributed by atoms with E-state index in [1.54, 1.807) is 0 Å². The van der Waals surface area contributed by atoms with Gasteiger partial charge in [0.1, 0.15) is 6.29 Å². The minimum atomic E-state index is 0.523. The van der Waals surface area contributed by atoms with Crippen LogP contribution in [0.2, 0.25) is 0 Å². The molecule has 0 aliphatic heterocycles. The third kappa shape index (κ3) is 1.10. The summed E-state index contributed by atoms with van der Waals surface area (Å²) in [5.74, 6) is 0. The SMILES string of the molecule is Cc1ccn(C)c1CC=O. The van der Waals surface area contributed by atoms with E-state index in [2.05, 4.69) is 0 Å². The summed E-state index contributed by atoms with van der Waals surface area (Å²) >= 11 is 0. The molecule has 0 unspecified atom stereocenters. The van der Waals surface area contributed by atoms with E-state index in [0.717, 1.165) is 12.0 Å². The lowest BCUT2D eigenvalue weighted by molar-refractivity contribution is -0.107. The summed E-state index contributed by atoms with van der Waals surface area (Å²) in [7, 11) is 1.95. The van der Waals surface area contributed by atoms with Gasteiger partial charge in [0.2, 0.25) is 0 Å². The van der Waals surface area contributed by atoms with E-state index in [1.165, 1.54) is 5.56 Å². The summed E-state index contributed by atoms with van der Waals surface area (Å²) in [6.45, 7) is 2.01. The Kier molecular flexibility index (Phi) is 1.90. The van der Waals surface area contributed by atoms with Gasteiger partial charge in [-0.2, -0.15) is 0 Å². The molecule has 2 nitrogen and oxygen atoms in total. The average Bonchev–Trinajstić information content (AvgIpc) is 2.20. The number of carbonyl (C=O) groups excluding carboxylic acids is 1. The number of carbonyl (C=O) groups is 1. The number of aryl methyl sites for hydroxylation is 2. The lowest BCUT2D eigenvalue weighted by atomic mass is 10.2. The quantitative estimate of drug-likeness (QED) is 0.559. The van der Waals surface area contributed by atoms with E-state index in [0.29, 0.717) is 6.42 Å². The largest absolute Gasteiger partial charge is 0.354 e. The molecule has 0 saturated carbocycles. The monoisotopic (exact) mass is 137 g/mol. The van der Waals surface area contributed by atoms with Crippen LogP contribution in [-0.2, 0) is 18.3 Å². The number of hydrogen-bond acceptors (Lipinski definition) is 1. The van der Waals surface area contributed by atoms with Gasteiger partial charge in [-0.3, -0.25) is 0 Å². The Morgan fingerprint density at radius 2 is 2.40 bits per heavy atom. The van der Waals surface area contributed by atoms with Crippen molar-refractivity contribution in [3.63, 3.8) is 0 Å². The summed E-state index contributed by atoms with van der Waals surface area (Å²) in [5, 5.41) is 0. The Morgan fingerprint density at radius 3 is 2.80 bits per heavy atom. The molecular weight excluding hydrogens is 126 g/mol. The molecule has 0 aliphatic rings. The molecule has 0 amide bonds. The van der Waals surface area contributed by atoms with Crippen molar-refractivity contribution in [3.8, 4) is 0 Å². The Bertz CT molecular complexity index is 218. The molecule has 0 aliphatic carbocycles. The number of aromatic nitrogens is 1. The highest BCUT2D eigenvalue weighted by Gasteiger charge is 1.99. The molecule has 2 heteroatoms. The summed E-state index contributed by atoms with van der Waals surface area (Å²) in [6, 6.07) is 2.01. The van der Waals surface area contributed by atoms with Gasteiger partial charge in [-0.05, 0) is 18.6 Å². The highest BCUT2D eigenvalue weighted by Crippen LogP contribution is 2.07. The van der Waals surface area contributed by atoms with Crippen LogP contribution >= 0.6 is 0 Å². The van der Waals surface area contributed by atoms with Crippen molar-refractivity contribution in [2.75, 3.05) is 0 Å². The van der Waals surface area contributed by atoms with Gasteiger partial charge >= 0.3 is 0 Å². The van der Waals surface area contributed by atoms with Crippen LogP contribution in [0.3, 0.4) is 0 Å². The first-order chi connectivity index (χ1) is 4.75. The van der Waals surface area contributed by atoms with Crippen LogP contribution in [0.15, 0.2) is 12.3 Å². The zero-order valence-corrected chi connectivity index (χ0v) is 6.29. The molecule has 1 aromatic rings. The van der Waals surface area contributed by atoms with Crippen LogP contribution in [-0.4, -0.2) is 10.9 Å². The molecule has 0 saturated heterocycles. The van der Waals surface area contributed by atoms with E-state index in [4.69, 9.17) is 0 Å². The number of nitrogens with zero attached hydrogens (tertiary/aromatic N) is 1. The van der Waals surface area contributed by atoms with Gasteiger partial charge in [0, 0.05) is 25.4 Å². The Balaban J connectivity index is 2.97. The van der Waals surface area contributed by atoms with Crippen molar-refractivity contribution in [2.24, 2.45) is 7.05 Å². The molecule has 0 atom stereocenters. The van der Waals surface area contributed by atoms with E-state index in [-0.39, 0.29) is 0 Å². The maximum absolute atomic E-state index is 10.2. The lowest BCUT2D eigenvalue weighted by Crippen LogP contribution is -1.97. The molecule has 0 bridgehead atoms. The number of rotatable bonds is 2. The number of aldehydes is 1. The first-order valence-electron chi connectivity index (χ1n) is 3.30. The van der Waals surface area contributed by atoms with Crippen molar-refractivity contribution >= 4 is 6.29 Å². The van der Waals surface area contributed by atoms with E-state index in [1.807, 2.05) is 30.8 Å². The topological polar surface area (TPSA) is 22.0 Å². The maximum Gasteiger partial charge on any atom is 0.125 e. The van der Waals surface area contributed by atoms with Crippen LogP contribution in [0.4, 0.5) is 0 Å². The molecule has 0 N–H and O–H groups in total. The summed E-state index contributed by atoms with van der Waals surface area (Å²) in [4.78, 5) is 10.2. The van der Waals surface area contributed by atoms with Gasteiger partial charge in [0.25, 0.3) is 0 Å². The molecular formula is C8H11NO. The molecule has 1 heterocycles. The molecule has 1 rings (SSSR count). The van der Waals surface area contributed by atoms with Crippen molar-refractivity contribution in [1.29, 1.82) is 0 Å². The standard InChI is InChI=1S/C8H11NO/c1-7-3-5-9(2)8(7)4-6-10/h3,5-6H,4H2,1-2H3. The van der Waals surface area contributed by atoms with Crippen LogP contribution in [0.1, 0.15) is 11.3 Å². The van der Waals surface area contributed by atoms with Gasteiger partial charge < -0.3 is 9.36 Å². The first-order valence-corrected chi connectivity index (χ1v) is 3.30. The van der Waals surface area contributed by atoms with Gasteiger partial charge in [0.05, 0.1) is 0 Å². The van der Waals surface area contributed by atoms with Crippen molar-refractivity contribution < 1.29 is 4.79 Å². The predicted molar refractivity (Wildman–Crippen MR) is 39.9 cm³/mol. The van der Waals surface area contributed by atoms with Crippen LogP contribution in [0.5, 0.6) is 0 Å². The van der Waals surface area contributed by atoms with Crippen LogP contribution < -0.4 is 0 Å². The predicted octanol–water partition coefficient (Wildman–Crippen LogP) is 1.07. The molecule has 10 heavy (non-hydrogen) atoms. The maximum atomic E-state index is 10.2. The Labute approximate surface area is 60.5 Å². The smallest absolute Gasteiger partial charge is 0.125 e. The third-order valence-corrected chi connectivity index (χ3v) is 1.71. The molecule has 1 aromatic heterocycles. The molecule has 0 fully saturated rings. The molecule has 0 spiro atoms. The van der Waals surface area contributed by atoms with Crippen molar-refractivity contribution in [2.45, 2.75) is 13.3 Å². The minimum Gasteiger partial charge on any atom is -0.354 e. The van der Waals surface area contributed by atoms with E-state index >= 15 is 0 Å². The summed E-state index contributed by atoms with van der Waals surface area (Å²) < 4.78 is 1.98. The second-order valence-corrected chi connectivity index (χ2v) is 2.43. The molecule has 0 aromatic carbocycles. The minimum absolute atomic E-state index is 0.523. The van der Waals surface area contributed by atoms with Crippen LogP contribution in [0.25, 0.3) is 0 Å². The van der Waals surface area contributed by atoms with Crippen molar-refractivity contribution in [3.05, 3.63) is 23.5 Å². The zero-order valence-electron chi connectivity index (χ0n) is 6.29. The summed E-state index contributed by atoms with van der Waals surface area (Å²) in [6.07, 6.45) is 3.42. The lowest BCUT2D eigenvalue weighted by Gasteiger charge is -1.98. The first kappa shape index (κ1) is 7.06. The molecule has 0 radical (unpaired) electrons. The fraction of sp³-hybridized carbons (Fsp3) is 0.375. The van der Waals surface area contributed by atoms with Gasteiger partial charge in [-0.25, -0.2) is 0 Å². The van der Waals surface area contributed by atoms with Crippen LogP contribution in [0, 0.1) is 6.92 Å². The van der Waals surface area contributed by atoms with Crippen molar-refractivity contribution in [1.82, 2.24) is 4.57 Å². The second kappa shape index (κ2) is 2.69. The Morgan fingerprint density at radius 1 is 1.70 bits per heavy atom. The average molecular weight is 137 g/mol. The second-order valence-electron chi connectivity index (χ2n) is 2.43. The highest BCUT2D eigenvalue weighted by atomic mass is 16.1. The van der Waals surface area contributed by atoms with E-state index in [9.17, 15) is 4.79 Å². The fourth-order valence-corrected chi connectivity index (χ4v) is 1.07. The van der Waals surface area contributed by atoms with Gasteiger partial charge in [-0.15, -0.1) is 0 Å². The fourth-order valence-electron chi connectivity index (χ4n) is 1.07. The van der Waals surface area contributed by atoms with E-state index < -0.39 is 0 Å². The highest BCUT2D eigenvalue weighted by molar-refractivity contribution is 5.54. The van der Waals surface area contributed by atoms with Gasteiger partial charge in [-0.1, -0.05) is 0 Å². The normalized spacial score (nSPS) is 9.80. The Hall–Kier alpha value is -1.05. The summed E-state index contributed by atoms with van der Waals surface area (Å²) in [5.41, 5.74) is 2.30. The zero-order chi connectivity index (χ0) is 7.56. The third-order valence-electron chi connectivity index (χ3n) is 1.71. The number of hydrogen-bond donors (Lipinski definition) is 0.